The molecule has 2 amide bonds. The van der Waals surface area contributed by atoms with Crippen LogP contribution < -0.4 is 10.2 Å². The van der Waals surface area contributed by atoms with Crippen LogP contribution in [0.15, 0.2) is 6.33 Å². The van der Waals surface area contributed by atoms with Crippen molar-refractivity contribution in [1.29, 1.82) is 0 Å². The van der Waals surface area contributed by atoms with Gasteiger partial charge in [0.15, 0.2) is 11.5 Å². The zero-order valence-corrected chi connectivity index (χ0v) is 14.0. The Morgan fingerprint density at radius 2 is 2.09 bits per heavy atom. The van der Waals surface area contributed by atoms with Gasteiger partial charge in [-0.2, -0.15) is 0 Å². The highest BCUT2D eigenvalue weighted by molar-refractivity contribution is 5.99. The Bertz CT molecular complexity index is 585. The van der Waals surface area contributed by atoms with Crippen LogP contribution in [-0.4, -0.2) is 83.9 Å². The number of fused-ring (bicyclic) bond motifs is 1. The molecule has 9 nitrogen and oxygen atoms in total. The van der Waals surface area contributed by atoms with Crippen LogP contribution in [0.25, 0.3) is 0 Å². The van der Waals surface area contributed by atoms with E-state index in [-0.39, 0.29) is 18.4 Å². The minimum absolute atomic E-state index is 0.0216. The number of nitrogens with one attached hydrogen (secondary N) is 1. The summed E-state index contributed by atoms with van der Waals surface area (Å²) in [6.07, 6.45) is 1.25. The molecule has 0 aliphatic carbocycles. The van der Waals surface area contributed by atoms with Gasteiger partial charge in [-0.1, -0.05) is 0 Å². The van der Waals surface area contributed by atoms with Crippen LogP contribution in [0.3, 0.4) is 0 Å². The minimum atomic E-state index is -1.06. The molecule has 0 spiro atoms. The van der Waals surface area contributed by atoms with E-state index in [0.29, 0.717) is 18.1 Å². The number of aliphatic hydroxyl groups excluding tert-OH is 1. The van der Waals surface area contributed by atoms with E-state index in [2.05, 4.69) is 10.3 Å². The molecule has 1 atom stereocenters. The van der Waals surface area contributed by atoms with Gasteiger partial charge in [-0.3, -0.25) is 14.5 Å². The molecule has 23 heavy (non-hydrogen) atoms. The van der Waals surface area contributed by atoms with E-state index < -0.39 is 6.35 Å². The Morgan fingerprint density at radius 1 is 1.39 bits per heavy atom. The second-order valence-corrected chi connectivity index (χ2v) is 5.92. The number of anilines is 1. The SMILES string of the molecule is CN(C)CCCNC(=O)Cn1cnc2c1C(=O)N(C)C(O)N2C. The zero-order valence-electron chi connectivity index (χ0n) is 14.0. The first-order chi connectivity index (χ1) is 10.8. The van der Waals surface area contributed by atoms with Gasteiger partial charge >= 0.3 is 0 Å². The summed E-state index contributed by atoms with van der Waals surface area (Å²) < 4.78 is 1.51. The second-order valence-electron chi connectivity index (χ2n) is 5.92. The summed E-state index contributed by atoms with van der Waals surface area (Å²) in [6, 6.07) is 0. The fourth-order valence-electron chi connectivity index (χ4n) is 2.44. The van der Waals surface area contributed by atoms with E-state index in [1.165, 1.54) is 27.7 Å². The van der Waals surface area contributed by atoms with E-state index in [0.717, 1.165) is 13.0 Å². The van der Waals surface area contributed by atoms with Crippen molar-refractivity contribution in [2.24, 2.45) is 0 Å². The maximum atomic E-state index is 12.3. The van der Waals surface area contributed by atoms with Gasteiger partial charge in [0, 0.05) is 20.6 Å². The number of nitrogens with zero attached hydrogens (tertiary/aromatic N) is 5. The van der Waals surface area contributed by atoms with Crippen LogP contribution in [0.1, 0.15) is 16.9 Å². The smallest absolute Gasteiger partial charge is 0.277 e. The van der Waals surface area contributed by atoms with Gasteiger partial charge in [0.1, 0.15) is 6.54 Å². The van der Waals surface area contributed by atoms with Crippen molar-refractivity contribution in [2.45, 2.75) is 19.3 Å². The van der Waals surface area contributed by atoms with Gasteiger partial charge < -0.3 is 24.8 Å². The maximum absolute atomic E-state index is 12.3. The van der Waals surface area contributed by atoms with Gasteiger partial charge in [-0.15, -0.1) is 0 Å². The largest absolute Gasteiger partial charge is 0.356 e. The molecule has 0 saturated heterocycles. The van der Waals surface area contributed by atoms with Crippen molar-refractivity contribution < 1.29 is 14.7 Å². The third-order valence-electron chi connectivity index (χ3n) is 3.79. The van der Waals surface area contributed by atoms with Gasteiger partial charge in [-0.25, -0.2) is 4.98 Å². The minimum Gasteiger partial charge on any atom is -0.356 e. The molecule has 0 saturated carbocycles. The summed E-state index contributed by atoms with van der Waals surface area (Å²) in [6.45, 7) is 1.50. The molecule has 1 aromatic heterocycles. The quantitative estimate of drug-likeness (QED) is 0.635. The molecule has 1 aliphatic rings. The molecule has 2 heterocycles. The summed E-state index contributed by atoms with van der Waals surface area (Å²) in [7, 11) is 7.11. The first-order valence-corrected chi connectivity index (χ1v) is 7.47. The van der Waals surface area contributed by atoms with Crippen LogP contribution in [-0.2, 0) is 11.3 Å². The Morgan fingerprint density at radius 3 is 2.74 bits per heavy atom. The zero-order chi connectivity index (χ0) is 17.1. The van der Waals surface area contributed by atoms with E-state index in [9.17, 15) is 14.7 Å². The highest BCUT2D eigenvalue weighted by Gasteiger charge is 2.36. The fraction of sp³-hybridized carbons (Fsp3) is 0.643. The van der Waals surface area contributed by atoms with Gasteiger partial charge in [0.25, 0.3) is 5.91 Å². The fourth-order valence-corrected chi connectivity index (χ4v) is 2.44. The first-order valence-electron chi connectivity index (χ1n) is 7.47. The van der Waals surface area contributed by atoms with Crippen LogP contribution in [0, 0.1) is 0 Å². The molecule has 0 radical (unpaired) electrons. The van der Waals surface area contributed by atoms with E-state index in [4.69, 9.17) is 0 Å². The van der Waals surface area contributed by atoms with Crippen molar-refractivity contribution in [2.75, 3.05) is 46.2 Å². The van der Waals surface area contributed by atoms with Crippen LogP contribution in [0.2, 0.25) is 0 Å². The first kappa shape index (κ1) is 17.2. The van der Waals surface area contributed by atoms with Gasteiger partial charge in [0.05, 0.1) is 6.33 Å². The Balaban J connectivity index is 2.01. The standard InChI is InChI=1S/C14H24N6O3/c1-17(2)7-5-6-15-10(21)8-20-9-16-12-11(20)13(22)19(4)14(23)18(12)3/h9,14,23H,5-8H2,1-4H3,(H,15,21). The van der Waals surface area contributed by atoms with Crippen molar-refractivity contribution in [3.63, 3.8) is 0 Å². The topological polar surface area (TPSA) is 93.9 Å². The highest BCUT2D eigenvalue weighted by Crippen LogP contribution is 2.26. The van der Waals surface area contributed by atoms with E-state index >= 15 is 0 Å². The van der Waals surface area contributed by atoms with E-state index in [1.54, 1.807) is 7.05 Å². The van der Waals surface area contributed by atoms with E-state index in [1.807, 2.05) is 19.0 Å². The molecule has 9 heteroatoms. The molecule has 1 aromatic rings. The Labute approximate surface area is 135 Å². The van der Waals surface area contributed by atoms with Gasteiger partial charge in [-0.05, 0) is 27.1 Å². The van der Waals surface area contributed by atoms with Crippen molar-refractivity contribution in [1.82, 2.24) is 24.7 Å². The average Bonchev–Trinajstić information content (AvgIpc) is 2.91. The number of aliphatic hydroxyl groups is 1. The molecule has 2 N–H and O–H groups in total. The molecular formula is C14H24N6O3. The lowest BCUT2D eigenvalue weighted by Gasteiger charge is -2.36. The predicted molar refractivity (Wildman–Crippen MR) is 84.9 cm³/mol. The van der Waals surface area contributed by atoms with Crippen LogP contribution >= 0.6 is 0 Å². The number of hydrogen-bond acceptors (Lipinski definition) is 6. The van der Waals surface area contributed by atoms with Crippen molar-refractivity contribution in [3.05, 3.63) is 12.0 Å². The average molecular weight is 324 g/mol. The number of aromatic nitrogens is 2. The monoisotopic (exact) mass is 324 g/mol. The number of rotatable bonds is 6. The Kier molecular flexibility index (Phi) is 5.22. The molecule has 2 rings (SSSR count). The van der Waals surface area contributed by atoms with Crippen LogP contribution in [0.4, 0.5) is 5.82 Å². The predicted octanol–water partition coefficient (Wildman–Crippen LogP) is -1.25. The summed E-state index contributed by atoms with van der Waals surface area (Å²) >= 11 is 0. The maximum Gasteiger partial charge on any atom is 0.277 e. The number of amides is 2. The lowest BCUT2D eigenvalue weighted by molar-refractivity contribution is -0.121. The lowest BCUT2D eigenvalue weighted by atomic mass is 10.3. The van der Waals surface area contributed by atoms with Crippen molar-refractivity contribution >= 4 is 17.6 Å². The normalized spacial score (nSPS) is 17.7. The molecule has 0 fully saturated rings. The van der Waals surface area contributed by atoms with Gasteiger partial charge in [0.2, 0.25) is 12.3 Å². The molecule has 128 valence electrons. The summed E-state index contributed by atoms with van der Waals surface area (Å²) in [5.41, 5.74) is 0.309. The van der Waals surface area contributed by atoms with Crippen LogP contribution in [0.5, 0.6) is 0 Å². The number of carbonyl (C=O) groups excluding carboxylic acids is 2. The summed E-state index contributed by atoms with van der Waals surface area (Å²) in [5.74, 6) is -0.155. The molecule has 0 aromatic carbocycles. The second kappa shape index (κ2) is 6.97. The Hall–Kier alpha value is -2.13. The number of carbonyl (C=O) groups is 2. The molecular weight excluding hydrogens is 300 g/mol. The number of imidazole rings is 1. The lowest BCUT2D eigenvalue weighted by Crippen LogP contribution is -2.52. The van der Waals surface area contributed by atoms with Crippen molar-refractivity contribution in [3.8, 4) is 0 Å². The summed E-state index contributed by atoms with van der Waals surface area (Å²) in [5, 5.41) is 12.8. The molecule has 1 unspecified atom stereocenters. The third-order valence-corrected chi connectivity index (χ3v) is 3.79. The highest BCUT2D eigenvalue weighted by atomic mass is 16.3. The third kappa shape index (κ3) is 3.62. The molecule has 1 aliphatic heterocycles. The summed E-state index contributed by atoms with van der Waals surface area (Å²) in [4.78, 5) is 33.2. The number of hydrogen-bond donors (Lipinski definition) is 2. The molecule has 0 bridgehead atoms.